The summed E-state index contributed by atoms with van der Waals surface area (Å²) >= 11 is 7.74. The van der Waals surface area contributed by atoms with Crippen LogP contribution in [0.15, 0.2) is 125 Å². The van der Waals surface area contributed by atoms with E-state index in [1.807, 2.05) is 85.7 Å². The summed E-state index contributed by atoms with van der Waals surface area (Å²) in [6.45, 7) is 4.81. The van der Waals surface area contributed by atoms with Crippen molar-refractivity contribution in [2.24, 2.45) is 0 Å². The molecular formula is C43H44ClF2N7O2S2. The largest absolute Gasteiger partial charge is 0.379 e. The molecule has 0 bridgehead atoms. The van der Waals surface area contributed by atoms with Crippen LogP contribution < -0.4 is 14.9 Å². The van der Waals surface area contributed by atoms with Gasteiger partial charge in [0.2, 0.25) is 0 Å². The third kappa shape index (κ3) is 10.2. The molecule has 57 heavy (non-hydrogen) atoms. The van der Waals surface area contributed by atoms with Crippen molar-refractivity contribution in [3.8, 4) is 11.1 Å². The summed E-state index contributed by atoms with van der Waals surface area (Å²) in [7, 11) is -0.679. The molecule has 6 aromatic rings. The lowest BCUT2D eigenvalue weighted by Gasteiger charge is -2.36. The number of anilines is 3. The highest BCUT2D eigenvalue weighted by molar-refractivity contribution is 7.99. The van der Waals surface area contributed by atoms with Crippen molar-refractivity contribution in [2.45, 2.75) is 28.8 Å². The molecule has 0 spiro atoms. The van der Waals surface area contributed by atoms with Gasteiger partial charge in [0.1, 0.15) is 22.9 Å². The van der Waals surface area contributed by atoms with Gasteiger partial charge in [0, 0.05) is 71.6 Å². The SMILES string of the molecule is CN(C)CC[C@H](CSc1ccccc1)Nc1cc(F)c(S(=O)(=O)Nc2ncnc3cc(N4CCN(Cc5ccccc5-c5ccc(Cl)cc5)CC4)ccc23)cc1F. The van der Waals surface area contributed by atoms with Crippen LogP contribution >= 0.6 is 23.4 Å². The fraction of sp³-hybridized carbons (Fsp3) is 0.256. The number of hydrogen-bond acceptors (Lipinski definition) is 9. The highest BCUT2D eigenvalue weighted by Crippen LogP contribution is 2.31. The van der Waals surface area contributed by atoms with Crippen LogP contribution in [0.25, 0.3) is 22.0 Å². The lowest BCUT2D eigenvalue weighted by molar-refractivity contribution is 0.250. The average molecular weight is 828 g/mol. The first kappa shape index (κ1) is 40.4. The summed E-state index contributed by atoms with van der Waals surface area (Å²) < 4.78 is 60.6. The minimum absolute atomic E-state index is 0.0283. The number of rotatable bonds is 15. The van der Waals surface area contributed by atoms with Crippen LogP contribution in [-0.4, -0.2) is 86.8 Å². The number of hydrogen-bond donors (Lipinski definition) is 2. The number of sulfonamides is 1. The van der Waals surface area contributed by atoms with Crippen molar-refractivity contribution in [2.75, 3.05) is 67.5 Å². The molecule has 1 aliphatic heterocycles. The quantitative estimate of drug-likeness (QED) is 0.0986. The van der Waals surface area contributed by atoms with Gasteiger partial charge in [-0.15, -0.1) is 11.8 Å². The maximum atomic E-state index is 15.6. The Hall–Kier alpha value is -4.79. The van der Waals surface area contributed by atoms with Crippen LogP contribution in [-0.2, 0) is 16.6 Å². The average Bonchev–Trinajstić information content (AvgIpc) is 3.21. The van der Waals surface area contributed by atoms with Gasteiger partial charge in [-0.2, -0.15) is 0 Å². The molecule has 14 heteroatoms. The highest BCUT2D eigenvalue weighted by Gasteiger charge is 2.25. The standard InChI is InChI=1S/C43H44ClF2N7O2S2/c1-51(2)19-18-33(28-56-35-9-4-3-5-10-35)49-41-25-39(46)42(26-38(41)45)57(54,55)50-43-37-17-16-34(24-40(37)47-29-48-43)53-22-20-52(21-23-53)27-31-8-6-7-11-36(31)30-12-14-32(44)15-13-30/h3-17,24-26,29,33,49H,18-23,27-28H2,1-2H3,(H,47,48,50)/t33-/m1/s1. The van der Waals surface area contributed by atoms with Gasteiger partial charge in [-0.05, 0) is 92.3 Å². The zero-order valence-electron chi connectivity index (χ0n) is 31.7. The second-order valence-electron chi connectivity index (χ2n) is 14.3. The first-order valence-electron chi connectivity index (χ1n) is 18.7. The monoisotopic (exact) mass is 827 g/mol. The molecule has 296 valence electrons. The minimum atomic E-state index is -4.57. The van der Waals surface area contributed by atoms with Crippen molar-refractivity contribution in [3.63, 3.8) is 0 Å². The number of aromatic nitrogens is 2. The van der Waals surface area contributed by atoms with Gasteiger partial charge in [0.05, 0.1) is 11.2 Å². The maximum Gasteiger partial charge on any atom is 0.266 e. The molecular weight excluding hydrogens is 784 g/mol. The molecule has 7 rings (SSSR count). The molecule has 1 aromatic heterocycles. The van der Waals surface area contributed by atoms with Gasteiger partial charge < -0.3 is 15.1 Å². The second-order valence-corrected chi connectivity index (χ2v) is 17.5. The van der Waals surface area contributed by atoms with Gasteiger partial charge in [0.25, 0.3) is 10.0 Å². The second kappa shape index (κ2) is 18.2. The molecule has 2 heterocycles. The summed E-state index contributed by atoms with van der Waals surface area (Å²) in [6.07, 6.45) is 1.92. The van der Waals surface area contributed by atoms with Crippen LogP contribution in [0.4, 0.5) is 26.0 Å². The summed E-state index contributed by atoms with van der Waals surface area (Å²) in [5.41, 5.74) is 4.92. The Bertz CT molecular complexity index is 2420. The summed E-state index contributed by atoms with van der Waals surface area (Å²) in [6, 6.07) is 33.1. The molecule has 1 atom stereocenters. The smallest absolute Gasteiger partial charge is 0.266 e. The predicted molar refractivity (Wildman–Crippen MR) is 229 cm³/mol. The van der Waals surface area contributed by atoms with Crippen molar-refractivity contribution >= 4 is 61.5 Å². The van der Waals surface area contributed by atoms with Crippen LogP contribution in [0.5, 0.6) is 0 Å². The number of nitrogens with one attached hydrogen (secondary N) is 2. The van der Waals surface area contributed by atoms with Crippen molar-refractivity contribution in [1.29, 1.82) is 0 Å². The Morgan fingerprint density at radius 3 is 2.35 bits per heavy atom. The Kier molecular flexibility index (Phi) is 12.9. The van der Waals surface area contributed by atoms with E-state index in [2.05, 4.69) is 54.1 Å². The fourth-order valence-corrected chi connectivity index (χ4v) is 9.09. The molecule has 1 aliphatic rings. The first-order chi connectivity index (χ1) is 27.5. The van der Waals surface area contributed by atoms with E-state index in [9.17, 15) is 8.42 Å². The third-order valence-electron chi connectivity index (χ3n) is 9.94. The molecule has 0 unspecified atom stereocenters. The number of benzene rings is 5. The van der Waals surface area contributed by atoms with Crippen LogP contribution in [0.2, 0.25) is 5.02 Å². The summed E-state index contributed by atoms with van der Waals surface area (Å²) in [5, 5.41) is 4.25. The predicted octanol–water partition coefficient (Wildman–Crippen LogP) is 8.88. The zero-order chi connectivity index (χ0) is 39.9. The maximum absolute atomic E-state index is 15.6. The van der Waals surface area contributed by atoms with Crippen LogP contribution in [0.1, 0.15) is 12.0 Å². The van der Waals surface area contributed by atoms with E-state index in [-0.39, 0.29) is 17.5 Å². The number of nitrogens with zero attached hydrogens (tertiary/aromatic N) is 5. The molecule has 0 saturated carbocycles. The van der Waals surface area contributed by atoms with E-state index in [0.717, 1.165) is 61.5 Å². The van der Waals surface area contributed by atoms with E-state index in [1.165, 1.54) is 17.5 Å². The van der Waals surface area contributed by atoms with E-state index in [1.54, 1.807) is 17.8 Å². The molecule has 0 aliphatic carbocycles. The Balaban J connectivity index is 1.01. The molecule has 2 N–H and O–H groups in total. The highest BCUT2D eigenvalue weighted by atomic mass is 35.5. The Morgan fingerprint density at radius 1 is 0.860 bits per heavy atom. The first-order valence-corrected chi connectivity index (χ1v) is 21.5. The molecule has 9 nitrogen and oxygen atoms in total. The number of piperazine rings is 1. The van der Waals surface area contributed by atoms with Crippen LogP contribution in [0, 0.1) is 11.6 Å². The number of halogens is 3. The Labute approximate surface area is 342 Å². The summed E-state index contributed by atoms with van der Waals surface area (Å²) in [4.78, 5) is 15.5. The zero-order valence-corrected chi connectivity index (χ0v) is 34.1. The van der Waals surface area contributed by atoms with Gasteiger partial charge >= 0.3 is 0 Å². The van der Waals surface area contributed by atoms with E-state index in [0.29, 0.717) is 34.2 Å². The molecule has 5 aromatic carbocycles. The lowest BCUT2D eigenvalue weighted by Crippen LogP contribution is -2.46. The Morgan fingerprint density at radius 2 is 1.60 bits per heavy atom. The normalized spacial score (nSPS) is 14.2. The molecule has 0 amide bonds. The third-order valence-corrected chi connectivity index (χ3v) is 12.7. The van der Waals surface area contributed by atoms with Gasteiger partial charge in [-0.25, -0.2) is 27.2 Å². The van der Waals surface area contributed by atoms with E-state index >= 15 is 8.78 Å². The number of fused-ring (bicyclic) bond motifs is 1. The van der Waals surface area contributed by atoms with Crippen LogP contribution in [0.3, 0.4) is 0 Å². The van der Waals surface area contributed by atoms with Gasteiger partial charge in [-0.3, -0.25) is 9.62 Å². The fourth-order valence-electron chi connectivity index (χ4n) is 6.87. The summed E-state index contributed by atoms with van der Waals surface area (Å²) in [5.74, 6) is -1.39. The lowest BCUT2D eigenvalue weighted by atomic mass is 9.99. The molecule has 1 saturated heterocycles. The number of thioether (sulfide) groups is 1. The minimum Gasteiger partial charge on any atom is -0.379 e. The van der Waals surface area contributed by atoms with Gasteiger partial charge in [-0.1, -0.05) is 66.2 Å². The van der Waals surface area contributed by atoms with E-state index in [4.69, 9.17) is 11.6 Å². The van der Waals surface area contributed by atoms with Crippen molar-refractivity contribution < 1.29 is 17.2 Å². The van der Waals surface area contributed by atoms with Gasteiger partial charge in [0.15, 0.2) is 5.82 Å². The molecule has 1 fully saturated rings. The van der Waals surface area contributed by atoms with Crippen molar-refractivity contribution in [1.82, 2.24) is 19.8 Å². The topological polar surface area (TPSA) is 93.7 Å². The van der Waals surface area contributed by atoms with E-state index < -0.39 is 26.6 Å². The molecule has 0 radical (unpaired) electrons. The van der Waals surface area contributed by atoms with Crippen molar-refractivity contribution in [3.05, 3.63) is 138 Å².